The summed E-state index contributed by atoms with van der Waals surface area (Å²) in [6, 6.07) is 6.03. The standard InChI is InChI=1S/C15H16N2O5S2/c1-15(2)12(9-4-6-10(7-5-9)24(3,19)20)13(14(18)22-15)21-11(8-16)17-23/h4-8,16,23H,1-3H3/b16-8?,17-11+. The van der Waals surface area contributed by atoms with E-state index in [1.807, 2.05) is 0 Å². The molecule has 2 rings (SSSR count). The van der Waals surface area contributed by atoms with Gasteiger partial charge in [-0.05, 0) is 44.4 Å². The molecule has 0 amide bonds. The monoisotopic (exact) mass is 368 g/mol. The highest BCUT2D eigenvalue weighted by Gasteiger charge is 2.43. The van der Waals surface area contributed by atoms with Crippen LogP contribution >= 0.6 is 12.8 Å². The van der Waals surface area contributed by atoms with Crippen molar-refractivity contribution >= 4 is 46.3 Å². The van der Waals surface area contributed by atoms with Crippen LogP contribution in [0.4, 0.5) is 0 Å². The van der Waals surface area contributed by atoms with Crippen LogP contribution in [0.1, 0.15) is 19.4 Å². The minimum atomic E-state index is -3.33. The second kappa shape index (κ2) is 6.40. The molecule has 1 aliphatic heterocycles. The van der Waals surface area contributed by atoms with Gasteiger partial charge in [0.05, 0.1) is 16.7 Å². The number of benzene rings is 1. The molecule has 0 spiro atoms. The first-order valence-electron chi connectivity index (χ1n) is 6.79. The molecule has 0 unspecified atom stereocenters. The largest absolute Gasteiger partial charge is 0.449 e. The van der Waals surface area contributed by atoms with Crippen molar-refractivity contribution in [3.63, 3.8) is 0 Å². The summed E-state index contributed by atoms with van der Waals surface area (Å²) >= 11 is 3.67. The van der Waals surface area contributed by atoms with Crippen LogP contribution in [0, 0.1) is 5.41 Å². The number of nitrogens with one attached hydrogen (secondary N) is 1. The maximum Gasteiger partial charge on any atom is 0.375 e. The summed E-state index contributed by atoms with van der Waals surface area (Å²) < 4.78 is 37.2. The van der Waals surface area contributed by atoms with Gasteiger partial charge in [0.2, 0.25) is 11.7 Å². The van der Waals surface area contributed by atoms with Crippen LogP contribution in [-0.4, -0.2) is 38.4 Å². The van der Waals surface area contributed by atoms with Crippen molar-refractivity contribution in [2.75, 3.05) is 6.26 Å². The molecular formula is C15H16N2O5S2. The van der Waals surface area contributed by atoms with Gasteiger partial charge in [0, 0.05) is 6.26 Å². The number of rotatable bonds is 4. The Bertz CT molecular complexity index is 852. The zero-order valence-corrected chi connectivity index (χ0v) is 14.9. The smallest absolute Gasteiger partial charge is 0.375 e. The Kier molecular flexibility index (Phi) is 4.86. The van der Waals surface area contributed by atoms with Crippen LogP contribution < -0.4 is 0 Å². The highest BCUT2D eigenvalue weighted by molar-refractivity contribution is 7.90. The summed E-state index contributed by atoms with van der Waals surface area (Å²) in [5.41, 5.74) is 0.0172. The van der Waals surface area contributed by atoms with Crippen molar-refractivity contribution in [1.82, 2.24) is 0 Å². The lowest BCUT2D eigenvalue weighted by atomic mass is 9.92. The van der Waals surface area contributed by atoms with Crippen molar-refractivity contribution in [2.24, 2.45) is 4.40 Å². The molecule has 0 aliphatic carbocycles. The Morgan fingerprint density at radius 2 is 1.92 bits per heavy atom. The molecule has 1 aromatic carbocycles. The van der Waals surface area contributed by atoms with Crippen LogP contribution in [0.3, 0.4) is 0 Å². The molecule has 0 radical (unpaired) electrons. The zero-order chi connectivity index (χ0) is 18.1. The molecule has 0 fully saturated rings. The van der Waals surface area contributed by atoms with Gasteiger partial charge in [0.15, 0.2) is 9.84 Å². The Morgan fingerprint density at radius 3 is 2.38 bits per heavy atom. The Balaban J connectivity index is 2.58. The molecule has 0 aromatic heterocycles. The second-order valence-corrected chi connectivity index (χ2v) is 7.80. The second-order valence-electron chi connectivity index (χ2n) is 5.59. The number of esters is 1. The molecule has 0 atom stereocenters. The first-order chi connectivity index (χ1) is 11.1. The molecule has 1 aliphatic rings. The number of carbonyl (C=O) groups excluding carboxylic acids is 1. The summed E-state index contributed by atoms with van der Waals surface area (Å²) in [4.78, 5) is 12.3. The van der Waals surface area contributed by atoms with E-state index in [2.05, 4.69) is 17.2 Å². The predicted molar refractivity (Wildman–Crippen MR) is 92.9 cm³/mol. The van der Waals surface area contributed by atoms with Crippen molar-refractivity contribution in [1.29, 1.82) is 5.41 Å². The third-order valence-electron chi connectivity index (χ3n) is 3.36. The number of cyclic esters (lactones) is 1. The van der Waals surface area contributed by atoms with E-state index in [9.17, 15) is 13.2 Å². The fourth-order valence-electron chi connectivity index (χ4n) is 2.33. The number of hydrogen-bond acceptors (Lipinski definition) is 8. The zero-order valence-electron chi connectivity index (χ0n) is 13.2. The lowest BCUT2D eigenvalue weighted by Crippen LogP contribution is -2.22. The molecule has 1 aromatic rings. The summed E-state index contributed by atoms with van der Waals surface area (Å²) in [5, 5.41) is 7.18. The summed E-state index contributed by atoms with van der Waals surface area (Å²) in [5.74, 6) is -0.977. The van der Waals surface area contributed by atoms with Crippen molar-refractivity contribution < 1.29 is 22.7 Å². The van der Waals surface area contributed by atoms with Gasteiger partial charge >= 0.3 is 5.97 Å². The lowest BCUT2D eigenvalue weighted by Gasteiger charge is -2.21. The maximum absolute atomic E-state index is 12.1. The number of sulfone groups is 1. The SMILES string of the molecule is CC1(C)OC(=O)C(O/C(C=N)=N/S)=C1c1ccc(S(C)(=O)=O)cc1. The fourth-order valence-corrected chi connectivity index (χ4v) is 3.06. The van der Waals surface area contributed by atoms with E-state index in [0.717, 1.165) is 12.5 Å². The van der Waals surface area contributed by atoms with Gasteiger partial charge in [-0.1, -0.05) is 12.1 Å². The minimum absolute atomic E-state index is 0.108. The van der Waals surface area contributed by atoms with Gasteiger partial charge in [-0.2, -0.15) is 4.40 Å². The number of carbonyl (C=O) groups is 1. The van der Waals surface area contributed by atoms with Gasteiger partial charge in [-0.25, -0.2) is 13.2 Å². The lowest BCUT2D eigenvalue weighted by molar-refractivity contribution is -0.145. The number of hydrogen-bond donors (Lipinski definition) is 2. The molecule has 1 N–H and O–H groups in total. The van der Waals surface area contributed by atoms with E-state index in [-0.39, 0.29) is 16.6 Å². The van der Waals surface area contributed by atoms with Crippen molar-refractivity contribution in [3.05, 3.63) is 35.6 Å². The third-order valence-corrected chi connectivity index (χ3v) is 4.69. The number of nitrogens with zero attached hydrogens (tertiary/aromatic N) is 1. The Labute approximate surface area is 145 Å². The highest BCUT2D eigenvalue weighted by atomic mass is 32.2. The molecule has 0 saturated heterocycles. The van der Waals surface area contributed by atoms with Crippen LogP contribution in [0.25, 0.3) is 5.57 Å². The van der Waals surface area contributed by atoms with E-state index in [4.69, 9.17) is 14.9 Å². The predicted octanol–water partition coefficient (Wildman–Crippen LogP) is 2.05. The van der Waals surface area contributed by atoms with E-state index in [1.54, 1.807) is 26.0 Å². The van der Waals surface area contributed by atoms with E-state index in [0.29, 0.717) is 11.1 Å². The van der Waals surface area contributed by atoms with Crippen LogP contribution in [-0.2, 0) is 24.1 Å². The third kappa shape index (κ3) is 3.51. The van der Waals surface area contributed by atoms with Gasteiger partial charge < -0.3 is 14.9 Å². The normalized spacial score (nSPS) is 17.7. The summed E-state index contributed by atoms with van der Waals surface area (Å²) in [7, 11) is -3.33. The Morgan fingerprint density at radius 1 is 1.33 bits per heavy atom. The first-order valence-corrected chi connectivity index (χ1v) is 9.08. The molecule has 9 heteroatoms. The van der Waals surface area contributed by atoms with Crippen LogP contribution in [0.5, 0.6) is 0 Å². The molecule has 24 heavy (non-hydrogen) atoms. The average Bonchev–Trinajstić information content (AvgIpc) is 2.72. The molecule has 0 bridgehead atoms. The highest BCUT2D eigenvalue weighted by Crippen LogP contribution is 2.40. The average molecular weight is 368 g/mol. The van der Waals surface area contributed by atoms with Crippen LogP contribution in [0.2, 0.25) is 0 Å². The van der Waals surface area contributed by atoms with E-state index >= 15 is 0 Å². The fraction of sp³-hybridized carbons (Fsp3) is 0.267. The Hall–Kier alpha value is -2.13. The molecule has 0 saturated carbocycles. The molecule has 7 nitrogen and oxygen atoms in total. The van der Waals surface area contributed by atoms with Crippen LogP contribution in [0.15, 0.2) is 39.3 Å². The summed E-state index contributed by atoms with van der Waals surface area (Å²) in [6.07, 6.45) is 1.92. The van der Waals surface area contributed by atoms with Gasteiger partial charge in [0.25, 0.3) is 0 Å². The quantitative estimate of drug-likeness (QED) is 0.366. The van der Waals surface area contributed by atoms with Crippen molar-refractivity contribution in [3.8, 4) is 0 Å². The van der Waals surface area contributed by atoms with Crippen molar-refractivity contribution in [2.45, 2.75) is 24.3 Å². The molecule has 1 heterocycles. The molecule has 128 valence electrons. The molecular weight excluding hydrogens is 352 g/mol. The summed E-state index contributed by atoms with van der Waals surface area (Å²) in [6.45, 7) is 3.37. The van der Waals surface area contributed by atoms with Gasteiger partial charge in [-0.15, -0.1) is 0 Å². The maximum atomic E-state index is 12.1. The van der Waals surface area contributed by atoms with E-state index in [1.165, 1.54) is 12.1 Å². The topological polar surface area (TPSA) is 106 Å². The minimum Gasteiger partial charge on any atom is -0.449 e. The van der Waals surface area contributed by atoms with E-state index < -0.39 is 21.4 Å². The van der Waals surface area contributed by atoms with Gasteiger partial charge in [0.1, 0.15) is 5.60 Å². The first kappa shape index (κ1) is 18.2. The number of thiol groups is 1. The number of ether oxygens (including phenoxy) is 2. The van der Waals surface area contributed by atoms with Gasteiger partial charge in [-0.3, -0.25) is 0 Å².